The van der Waals surface area contributed by atoms with E-state index in [0.717, 1.165) is 18.7 Å². The predicted molar refractivity (Wildman–Crippen MR) is 60.1 cm³/mol. The first kappa shape index (κ1) is 12.5. The maximum atomic E-state index is 5.94. The predicted octanol–water partition coefficient (Wildman–Crippen LogP) is 2.97. The molecule has 0 atom stereocenters. The molecular weight excluding hydrogens is 160 g/mol. The second-order valence-corrected chi connectivity index (χ2v) is 4.95. The van der Waals surface area contributed by atoms with Gasteiger partial charge in [0, 0.05) is 5.41 Å². The van der Waals surface area contributed by atoms with Gasteiger partial charge in [-0.15, -0.1) is 0 Å². The van der Waals surface area contributed by atoms with Crippen LogP contribution < -0.4 is 5.73 Å². The second-order valence-electron chi connectivity index (χ2n) is 4.95. The normalized spacial score (nSPS) is 14.8. The Morgan fingerprint density at radius 3 is 1.69 bits per heavy atom. The molecule has 0 amide bonds. The van der Waals surface area contributed by atoms with Gasteiger partial charge in [-0.05, 0) is 19.8 Å². The minimum absolute atomic E-state index is 0.00833. The molecule has 0 heterocycles. The van der Waals surface area contributed by atoms with Crippen molar-refractivity contribution < 1.29 is 0 Å². The van der Waals surface area contributed by atoms with Crippen molar-refractivity contribution in [3.05, 3.63) is 0 Å². The first-order valence-corrected chi connectivity index (χ1v) is 5.11. The van der Waals surface area contributed by atoms with Crippen LogP contribution in [0.1, 0.15) is 54.4 Å². The van der Waals surface area contributed by atoms with Crippen LogP contribution in [0.2, 0.25) is 0 Å². The molecular formula is C11H24N2. The highest BCUT2D eigenvalue weighted by Crippen LogP contribution is 2.22. The average Bonchev–Trinajstić information content (AvgIpc) is 2.02. The third kappa shape index (κ3) is 3.79. The number of rotatable bonds is 3. The van der Waals surface area contributed by atoms with Crippen LogP contribution in [-0.4, -0.2) is 11.4 Å². The molecule has 0 rings (SSSR count). The molecule has 0 aromatic heterocycles. The van der Waals surface area contributed by atoms with Crippen molar-refractivity contribution in [3.8, 4) is 0 Å². The van der Waals surface area contributed by atoms with Gasteiger partial charge >= 0.3 is 0 Å². The molecule has 0 aromatic rings. The fourth-order valence-electron chi connectivity index (χ4n) is 0.867. The van der Waals surface area contributed by atoms with Gasteiger partial charge in [0.05, 0.1) is 11.4 Å². The summed E-state index contributed by atoms with van der Waals surface area (Å²) in [7, 11) is 0. The van der Waals surface area contributed by atoms with Gasteiger partial charge in [-0.3, -0.25) is 4.99 Å². The van der Waals surface area contributed by atoms with Gasteiger partial charge < -0.3 is 5.73 Å². The monoisotopic (exact) mass is 184 g/mol. The zero-order chi connectivity index (χ0) is 10.7. The van der Waals surface area contributed by atoms with E-state index in [1.54, 1.807) is 0 Å². The molecule has 0 bridgehead atoms. The minimum Gasteiger partial charge on any atom is -0.387 e. The van der Waals surface area contributed by atoms with E-state index in [1.807, 2.05) is 0 Å². The smallest absolute Gasteiger partial charge is 0.0998 e. The van der Waals surface area contributed by atoms with Crippen molar-refractivity contribution in [1.29, 1.82) is 0 Å². The molecule has 2 heteroatoms. The lowest BCUT2D eigenvalue weighted by Gasteiger charge is -2.26. The Bertz CT molecular complexity index is 183. The molecule has 0 aliphatic heterocycles. The Morgan fingerprint density at radius 2 is 1.46 bits per heavy atom. The van der Waals surface area contributed by atoms with E-state index in [4.69, 9.17) is 5.73 Å². The van der Waals surface area contributed by atoms with Gasteiger partial charge in [0.25, 0.3) is 0 Å². The molecule has 0 aliphatic carbocycles. The summed E-state index contributed by atoms with van der Waals surface area (Å²) in [5.41, 5.74) is 5.95. The van der Waals surface area contributed by atoms with Crippen LogP contribution >= 0.6 is 0 Å². The molecule has 0 radical (unpaired) electrons. The van der Waals surface area contributed by atoms with Crippen LogP contribution in [0.3, 0.4) is 0 Å². The van der Waals surface area contributed by atoms with Gasteiger partial charge in [-0.25, -0.2) is 0 Å². The molecule has 2 N–H and O–H groups in total. The maximum Gasteiger partial charge on any atom is 0.0998 e. The summed E-state index contributed by atoms with van der Waals surface area (Å²) in [4.78, 5) is 4.61. The first-order valence-electron chi connectivity index (χ1n) is 5.11. The standard InChI is InChI=1S/C11H24N2/c1-7-11(6,8-2)13-9(12)10(3,4)5/h7-8H2,1-6H3,(H2,12,13). The van der Waals surface area contributed by atoms with Crippen LogP contribution in [0, 0.1) is 5.41 Å². The molecule has 0 saturated heterocycles. The van der Waals surface area contributed by atoms with Crippen molar-refractivity contribution in [2.24, 2.45) is 16.1 Å². The summed E-state index contributed by atoms with van der Waals surface area (Å²) < 4.78 is 0. The van der Waals surface area contributed by atoms with E-state index in [0.29, 0.717) is 0 Å². The first-order chi connectivity index (χ1) is 5.75. The van der Waals surface area contributed by atoms with Gasteiger partial charge in [0.15, 0.2) is 0 Å². The van der Waals surface area contributed by atoms with Gasteiger partial charge in [0.2, 0.25) is 0 Å². The summed E-state index contributed by atoms with van der Waals surface area (Å²) in [5, 5.41) is 0. The van der Waals surface area contributed by atoms with Crippen molar-refractivity contribution in [2.45, 2.75) is 59.9 Å². The highest BCUT2D eigenvalue weighted by molar-refractivity contribution is 5.85. The highest BCUT2D eigenvalue weighted by Gasteiger charge is 2.22. The minimum atomic E-state index is -0.00833. The van der Waals surface area contributed by atoms with E-state index in [1.165, 1.54) is 0 Å². The van der Waals surface area contributed by atoms with Crippen LogP contribution in [0.4, 0.5) is 0 Å². The van der Waals surface area contributed by atoms with Crippen molar-refractivity contribution >= 4 is 5.84 Å². The lowest BCUT2D eigenvalue weighted by molar-refractivity contribution is 0.430. The van der Waals surface area contributed by atoms with Crippen molar-refractivity contribution in [1.82, 2.24) is 0 Å². The average molecular weight is 184 g/mol. The lowest BCUT2D eigenvalue weighted by Crippen LogP contribution is -2.34. The fraction of sp³-hybridized carbons (Fsp3) is 0.909. The summed E-state index contributed by atoms with van der Waals surface area (Å²) >= 11 is 0. The highest BCUT2D eigenvalue weighted by atomic mass is 14.9. The van der Waals surface area contributed by atoms with Crippen LogP contribution in [-0.2, 0) is 0 Å². The number of nitrogens with two attached hydrogens (primary N) is 1. The molecule has 78 valence electrons. The number of hydrogen-bond acceptors (Lipinski definition) is 1. The summed E-state index contributed by atoms with van der Waals surface area (Å²) in [6, 6.07) is 0. The lowest BCUT2D eigenvalue weighted by atomic mass is 9.92. The van der Waals surface area contributed by atoms with Gasteiger partial charge in [-0.1, -0.05) is 34.6 Å². The van der Waals surface area contributed by atoms with E-state index >= 15 is 0 Å². The van der Waals surface area contributed by atoms with Gasteiger partial charge in [-0.2, -0.15) is 0 Å². The Balaban J connectivity index is 4.72. The summed E-state index contributed by atoms with van der Waals surface area (Å²) in [5.74, 6) is 0.763. The Hall–Kier alpha value is -0.530. The summed E-state index contributed by atoms with van der Waals surface area (Å²) in [6.45, 7) is 12.8. The molecule has 13 heavy (non-hydrogen) atoms. The third-order valence-electron chi connectivity index (χ3n) is 2.68. The number of aliphatic imine (C=N–C) groups is 1. The van der Waals surface area contributed by atoms with Gasteiger partial charge in [0.1, 0.15) is 0 Å². The van der Waals surface area contributed by atoms with Crippen molar-refractivity contribution in [2.75, 3.05) is 0 Å². The maximum absolute atomic E-state index is 5.94. The molecule has 0 aromatic carbocycles. The van der Waals surface area contributed by atoms with Crippen LogP contribution in [0.25, 0.3) is 0 Å². The topological polar surface area (TPSA) is 38.4 Å². The van der Waals surface area contributed by atoms with Crippen LogP contribution in [0.15, 0.2) is 4.99 Å². The third-order valence-corrected chi connectivity index (χ3v) is 2.68. The molecule has 0 aliphatic rings. The zero-order valence-electron chi connectivity index (χ0n) is 9.94. The van der Waals surface area contributed by atoms with E-state index in [-0.39, 0.29) is 11.0 Å². The number of hydrogen-bond donors (Lipinski definition) is 1. The zero-order valence-corrected chi connectivity index (χ0v) is 9.94. The fourth-order valence-corrected chi connectivity index (χ4v) is 0.867. The Morgan fingerprint density at radius 1 is 1.08 bits per heavy atom. The SMILES string of the molecule is CCC(C)(CC)N=C(N)C(C)(C)C. The van der Waals surface area contributed by atoms with Crippen molar-refractivity contribution in [3.63, 3.8) is 0 Å². The van der Waals surface area contributed by atoms with E-state index in [2.05, 4.69) is 46.5 Å². The number of amidine groups is 1. The molecule has 0 unspecified atom stereocenters. The summed E-state index contributed by atoms with van der Waals surface area (Å²) in [6.07, 6.45) is 2.08. The molecule has 0 saturated carbocycles. The number of nitrogens with zero attached hydrogens (tertiary/aromatic N) is 1. The quantitative estimate of drug-likeness (QED) is 0.531. The van der Waals surface area contributed by atoms with E-state index < -0.39 is 0 Å². The van der Waals surface area contributed by atoms with E-state index in [9.17, 15) is 0 Å². The Labute approximate surface area is 82.6 Å². The molecule has 2 nitrogen and oxygen atoms in total. The molecule has 0 fully saturated rings. The Kier molecular flexibility index (Phi) is 3.95. The van der Waals surface area contributed by atoms with Crippen LogP contribution in [0.5, 0.6) is 0 Å². The molecule has 0 spiro atoms. The second kappa shape index (κ2) is 4.12. The largest absolute Gasteiger partial charge is 0.387 e.